The van der Waals surface area contributed by atoms with Crippen LogP contribution in [0.4, 0.5) is 10.1 Å². The Balaban J connectivity index is 2.02. The highest BCUT2D eigenvalue weighted by Crippen LogP contribution is 2.15. The summed E-state index contributed by atoms with van der Waals surface area (Å²) in [4.78, 5) is 0. The maximum atomic E-state index is 13.3. The summed E-state index contributed by atoms with van der Waals surface area (Å²) in [6, 6.07) is 14.1. The molecule has 82 valence electrons. The van der Waals surface area contributed by atoms with E-state index in [-0.39, 0.29) is 5.82 Å². The molecule has 1 nitrogen and oxygen atoms in total. The van der Waals surface area contributed by atoms with Crippen LogP contribution in [0.1, 0.15) is 5.56 Å². The number of hydrogen-bond acceptors (Lipinski definition) is 1. The van der Waals surface area contributed by atoms with E-state index in [2.05, 4.69) is 5.32 Å². The van der Waals surface area contributed by atoms with E-state index < -0.39 is 0 Å². The van der Waals surface area contributed by atoms with Gasteiger partial charge in [0.2, 0.25) is 0 Å². The fourth-order valence-corrected chi connectivity index (χ4v) is 1.53. The number of benzene rings is 2. The van der Waals surface area contributed by atoms with Gasteiger partial charge >= 0.3 is 0 Å². The number of nitrogens with one attached hydrogen (secondary N) is 1. The summed E-state index contributed by atoms with van der Waals surface area (Å²) < 4.78 is 13.3. The molecule has 0 saturated carbocycles. The van der Waals surface area contributed by atoms with Gasteiger partial charge in [-0.25, -0.2) is 4.39 Å². The maximum absolute atomic E-state index is 13.3. The second-order valence-electron chi connectivity index (χ2n) is 3.46. The number of hydrogen-bond donors (Lipinski definition) is 1. The average molecular weight is 236 g/mol. The Kier molecular flexibility index (Phi) is 3.42. The topological polar surface area (TPSA) is 12.0 Å². The van der Waals surface area contributed by atoms with Gasteiger partial charge in [-0.2, -0.15) is 0 Å². The van der Waals surface area contributed by atoms with Crippen molar-refractivity contribution < 1.29 is 4.39 Å². The van der Waals surface area contributed by atoms with Crippen LogP contribution < -0.4 is 5.32 Å². The predicted molar refractivity (Wildman–Crippen MR) is 65.2 cm³/mol. The lowest BCUT2D eigenvalue weighted by Crippen LogP contribution is -2.00. The molecule has 0 amide bonds. The van der Waals surface area contributed by atoms with Gasteiger partial charge in [0.05, 0.1) is 5.69 Å². The Morgan fingerprint density at radius 2 is 1.69 bits per heavy atom. The Morgan fingerprint density at radius 1 is 1.00 bits per heavy atom. The molecule has 0 fully saturated rings. The van der Waals surface area contributed by atoms with E-state index in [4.69, 9.17) is 11.6 Å². The summed E-state index contributed by atoms with van der Waals surface area (Å²) in [5.74, 6) is -0.239. The van der Waals surface area contributed by atoms with E-state index >= 15 is 0 Å². The highest BCUT2D eigenvalue weighted by molar-refractivity contribution is 6.30. The smallest absolute Gasteiger partial charge is 0.146 e. The van der Waals surface area contributed by atoms with Gasteiger partial charge in [-0.3, -0.25) is 0 Å². The van der Waals surface area contributed by atoms with Crippen LogP contribution in [-0.4, -0.2) is 0 Å². The lowest BCUT2D eigenvalue weighted by atomic mass is 10.2. The van der Waals surface area contributed by atoms with Gasteiger partial charge in [0.25, 0.3) is 0 Å². The predicted octanol–water partition coefficient (Wildman–Crippen LogP) is 4.09. The zero-order valence-electron chi connectivity index (χ0n) is 8.58. The highest BCUT2D eigenvalue weighted by Gasteiger charge is 1.99. The molecule has 0 aromatic heterocycles. The summed E-state index contributed by atoms with van der Waals surface area (Å²) >= 11 is 5.77. The van der Waals surface area contributed by atoms with Crippen LogP contribution in [0.25, 0.3) is 0 Å². The van der Waals surface area contributed by atoms with E-state index in [1.807, 2.05) is 24.3 Å². The van der Waals surface area contributed by atoms with Crippen LogP contribution in [0.5, 0.6) is 0 Å². The first kappa shape index (κ1) is 11.0. The summed E-state index contributed by atoms with van der Waals surface area (Å²) in [6.45, 7) is 0.581. The molecule has 0 bridgehead atoms. The summed E-state index contributed by atoms with van der Waals surface area (Å²) in [7, 11) is 0. The maximum Gasteiger partial charge on any atom is 0.146 e. The lowest BCUT2D eigenvalue weighted by Gasteiger charge is -2.07. The molecule has 0 aliphatic carbocycles. The molecule has 3 heteroatoms. The van der Waals surface area contributed by atoms with Crippen molar-refractivity contribution in [2.45, 2.75) is 6.54 Å². The molecule has 0 aliphatic rings. The van der Waals surface area contributed by atoms with Crippen molar-refractivity contribution in [2.75, 3.05) is 5.32 Å². The molecule has 2 aromatic rings. The van der Waals surface area contributed by atoms with Gasteiger partial charge in [-0.05, 0) is 29.8 Å². The third-order valence-corrected chi connectivity index (χ3v) is 2.52. The molecule has 2 rings (SSSR count). The van der Waals surface area contributed by atoms with Gasteiger partial charge in [-0.1, -0.05) is 35.9 Å². The minimum atomic E-state index is -0.239. The van der Waals surface area contributed by atoms with Crippen molar-refractivity contribution in [3.8, 4) is 0 Å². The quantitative estimate of drug-likeness (QED) is 0.845. The van der Waals surface area contributed by atoms with Gasteiger partial charge in [0.1, 0.15) is 5.82 Å². The molecule has 16 heavy (non-hydrogen) atoms. The van der Waals surface area contributed by atoms with Crippen molar-refractivity contribution in [2.24, 2.45) is 0 Å². The molecule has 0 unspecified atom stereocenters. The number of anilines is 1. The van der Waals surface area contributed by atoms with Crippen LogP contribution in [0.3, 0.4) is 0 Å². The minimum Gasteiger partial charge on any atom is -0.379 e. The Hall–Kier alpha value is -1.54. The minimum absolute atomic E-state index is 0.239. The van der Waals surface area contributed by atoms with Crippen molar-refractivity contribution in [1.29, 1.82) is 0 Å². The highest BCUT2D eigenvalue weighted by atomic mass is 35.5. The molecule has 2 aromatic carbocycles. The monoisotopic (exact) mass is 235 g/mol. The first-order valence-corrected chi connectivity index (χ1v) is 5.36. The van der Waals surface area contributed by atoms with Crippen LogP contribution in [0.15, 0.2) is 48.5 Å². The van der Waals surface area contributed by atoms with Gasteiger partial charge < -0.3 is 5.32 Å². The van der Waals surface area contributed by atoms with Crippen LogP contribution in [0.2, 0.25) is 5.02 Å². The standard InChI is InChI=1S/C13H11ClFN/c14-11-7-5-10(6-8-11)9-16-13-4-2-1-3-12(13)15/h1-8,16H,9H2. The summed E-state index contributed by atoms with van der Waals surface area (Å²) in [5.41, 5.74) is 1.57. The lowest BCUT2D eigenvalue weighted by molar-refractivity contribution is 0.630. The second-order valence-corrected chi connectivity index (χ2v) is 3.90. The SMILES string of the molecule is Fc1ccccc1NCc1ccc(Cl)cc1. The van der Waals surface area contributed by atoms with E-state index in [1.54, 1.807) is 18.2 Å². The largest absolute Gasteiger partial charge is 0.379 e. The molecule has 0 atom stereocenters. The van der Waals surface area contributed by atoms with Crippen LogP contribution in [0, 0.1) is 5.82 Å². The van der Waals surface area contributed by atoms with Crippen molar-refractivity contribution >= 4 is 17.3 Å². The van der Waals surface area contributed by atoms with E-state index in [0.29, 0.717) is 17.3 Å². The first-order valence-electron chi connectivity index (χ1n) is 4.98. The Bertz CT molecular complexity index is 468. The van der Waals surface area contributed by atoms with Crippen molar-refractivity contribution in [3.63, 3.8) is 0 Å². The van der Waals surface area contributed by atoms with Crippen LogP contribution in [-0.2, 0) is 6.54 Å². The van der Waals surface area contributed by atoms with Gasteiger partial charge in [0, 0.05) is 11.6 Å². The Labute approximate surface area is 98.9 Å². The number of rotatable bonds is 3. The van der Waals surface area contributed by atoms with E-state index in [1.165, 1.54) is 6.07 Å². The van der Waals surface area contributed by atoms with E-state index in [9.17, 15) is 4.39 Å². The summed E-state index contributed by atoms with van der Waals surface area (Å²) in [5, 5.41) is 3.73. The van der Waals surface area contributed by atoms with Gasteiger partial charge in [-0.15, -0.1) is 0 Å². The van der Waals surface area contributed by atoms with E-state index in [0.717, 1.165) is 5.56 Å². The molecule has 0 saturated heterocycles. The zero-order chi connectivity index (χ0) is 11.4. The third-order valence-electron chi connectivity index (χ3n) is 2.27. The normalized spacial score (nSPS) is 10.1. The first-order chi connectivity index (χ1) is 7.75. The number of halogens is 2. The molecule has 0 spiro atoms. The fourth-order valence-electron chi connectivity index (χ4n) is 1.40. The second kappa shape index (κ2) is 4.99. The van der Waals surface area contributed by atoms with Crippen molar-refractivity contribution in [3.05, 3.63) is 64.9 Å². The molecule has 0 radical (unpaired) electrons. The molecular formula is C13H11ClFN. The molecular weight excluding hydrogens is 225 g/mol. The molecule has 0 aliphatic heterocycles. The third kappa shape index (κ3) is 2.74. The summed E-state index contributed by atoms with van der Waals surface area (Å²) in [6.07, 6.45) is 0. The molecule has 0 heterocycles. The van der Waals surface area contributed by atoms with Crippen LogP contribution >= 0.6 is 11.6 Å². The average Bonchev–Trinajstić information content (AvgIpc) is 2.30. The number of para-hydroxylation sites is 1. The zero-order valence-corrected chi connectivity index (χ0v) is 9.34. The van der Waals surface area contributed by atoms with Crippen molar-refractivity contribution in [1.82, 2.24) is 0 Å². The van der Waals surface area contributed by atoms with Gasteiger partial charge in [0.15, 0.2) is 0 Å². The fraction of sp³-hybridized carbons (Fsp3) is 0.0769. The Morgan fingerprint density at radius 3 is 2.38 bits per heavy atom. The molecule has 1 N–H and O–H groups in total.